The van der Waals surface area contributed by atoms with Crippen molar-refractivity contribution in [3.05, 3.63) is 99.4 Å². The van der Waals surface area contributed by atoms with Crippen LogP contribution in [0.5, 0.6) is 17.2 Å². The van der Waals surface area contributed by atoms with Gasteiger partial charge in [0.2, 0.25) is 5.95 Å². The number of ether oxygens (including phenoxy) is 3. The lowest BCUT2D eigenvalue weighted by Crippen LogP contribution is -2.31. The average molecular weight is 566 g/mol. The van der Waals surface area contributed by atoms with Gasteiger partial charge in [0.15, 0.2) is 11.5 Å². The standard InChI is InChI=1S/C28H25Cl2N5O4/c1-16-25(27(36)34-21-6-4-5-7-22(21)37-2)26(35-28(33-16)31-15-32-35)17-9-11-23(24(12-17)38-3)39-14-18-8-10-19(29)13-20(18)30/h4-13,15,26H,14H2,1-3H3,(H,34,36)(H,31,32,33). The highest BCUT2D eigenvalue weighted by Crippen LogP contribution is 2.39. The van der Waals surface area contributed by atoms with Gasteiger partial charge >= 0.3 is 0 Å². The van der Waals surface area contributed by atoms with Crippen molar-refractivity contribution in [3.8, 4) is 17.2 Å². The van der Waals surface area contributed by atoms with Gasteiger partial charge in [0.25, 0.3) is 5.91 Å². The molecule has 1 unspecified atom stereocenters. The van der Waals surface area contributed by atoms with Crippen molar-refractivity contribution < 1.29 is 19.0 Å². The Bertz CT molecular complexity index is 1570. The minimum Gasteiger partial charge on any atom is -0.495 e. The number of fused-ring (bicyclic) bond motifs is 1. The number of allylic oxidation sites excluding steroid dienone is 1. The molecule has 1 amide bonds. The molecule has 11 heteroatoms. The summed E-state index contributed by atoms with van der Waals surface area (Å²) in [6.07, 6.45) is 1.44. The average Bonchev–Trinajstić information content (AvgIpc) is 3.40. The Kier molecular flexibility index (Phi) is 7.63. The number of rotatable bonds is 8. The molecule has 3 aromatic carbocycles. The Morgan fingerprint density at radius 2 is 1.82 bits per heavy atom. The summed E-state index contributed by atoms with van der Waals surface area (Å²) in [4.78, 5) is 18.0. The van der Waals surface area contributed by atoms with Crippen molar-refractivity contribution in [2.45, 2.75) is 19.6 Å². The molecule has 0 radical (unpaired) electrons. The van der Waals surface area contributed by atoms with Crippen LogP contribution in [0, 0.1) is 0 Å². The molecule has 200 valence electrons. The number of anilines is 2. The van der Waals surface area contributed by atoms with Crippen LogP contribution in [0.25, 0.3) is 0 Å². The zero-order chi connectivity index (χ0) is 27.5. The van der Waals surface area contributed by atoms with E-state index in [1.807, 2.05) is 37.3 Å². The summed E-state index contributed by atoms with van der Waals surface area (Å²) in [5, 5.41) is 11.6. The lowest BCUT2D eigenvalue weighted by molar-refractivity contribution is -0.113. The Balaban J connectivity index is 1.48. The first-order valence-corrected chi connectivity index (χ1v) is 12.7. The van der Waals surface area contributed by atoms with Gasteiger partial charge in [-0.25, -0.2) is 4.68 Å². The number of hydrogen-bond donors (Lipinski definition) is 2. The van der Waals surface area contributed by atoms with Crippen molar-refractivity contribution >= 4 is 40.7 Å². The second-order valence-electron chi connectivity index (χ2n) is 8.68. The fourth-order valence-corrected chi connectivity index (χ4v) is 4.86. The van der Waals surface area contributed by atoms with Gasteiger partial charge in [-0.15, -0.1) is 0 Å². The number of amides is 1. The smallest absolute Gasteiger partial charge is 0.255 e. The maximum Gasteiger partial charge on any atom is 0.255 e. The molecule has 2 heterocycles. The Labute approximate surface area is 235 Å². The van der Waals surface area contributed by atoms with E-state index in [1.165, 1.54) is 6.33 Å². The van der Waals surface area contributed by atoms with Crippen LogP contribution < -0.4 is 24.8 Å². The molecule has 39 heavy (non-hydrogen) atoms. The fourth-order valence-electron chi connectivity index (χ4n) is 4.40. The van der Waals surface area contributed by atoms with Crippen LogP contribution in [-0.4, -0.2) is 34.9 Å². The third-order valence-corrected chi connectivity index (χ3v) is 6.88. The predicted octanol–water partition coefficient (Wildman–Crippen LogP) is 6.11. The molecule has 5 rings (SSSR count). The second-order valence-corrected chi connectivity index (χ2v) is 9.53. The quantitative estimate of drug-likeness (QED) is 0.266. The molecule has 0 saturated heterocycles. The molecule has 0 bridgehead atoms. The summed E-state index contributed by atoms with van der Waals surface area (Å²) in [7, 11) is 3.11. The highest BCUT2D eigenvalue weighted by Gasteiger charge is 2.34. The number of carbonyl (C=O) groups is 1. The number of methoxy groups -OCH3 is 2. The lowest BCUT2D eigenvalue weighted by Gasteiger charge is -2.29. The van der Waals surface area contributed by atoms with Gasteiger partial charge in [0, 0.05) is 21.3 Å². The minimum atomic E-state index is -0.591. The highest BCUT2D eigenvalue weighted by atomic mass is 35.5. The summed E-state index contributed by atoms with van der Waals surface area (Å²) in [6, 6.07) is 17.4. The highest BCUT2D eigenvalue weighted by molar-refractivity contribution is 6.35. The van der Waals surface area contributed by atoms with Gasteiger partial charge < -0.3 is 24.8 Å². The number of nitrogens with zero attached hydrogens (tertiary/aromatic N) is 3. The van der Waals surface area contributed by atoms with E-state index in [9.17, 15) is 4.79 Å². The molecule has 0 saturated carbocycles. The van der Waals surface area contributed by atoms with E-state index in [1.54, 1.807) is 49.2 Å². The molecule has 0 aliphatic carbocycles. The van der Waals surface area contributed by atoms with Crippen LogP contribution in [0.3, 0.4) is 0 Å². The summed E-state index contributed by atoms with van der Waals surface area (Å²) >= 11 is 12.3. The molecule has 1 aromatic heterocycles. The van der Waals surface area contributed by atoms with Gasteiger partial charge in [-0.05, 0) is 48.9 Å². The number of para-hydroxylation sites is 2. The first-order chi connectivity index (χ1) is 18.9. The largest absolute Gasteiger partial charge is 0.495 e. The van der Waals surface area contributed by atoms with Crippen LogP contribution in [0.2, 0.25) is 10.0 Å². The van der Waals surface area contributed by atoms with Gasteiger partial charge in [0.1, 0.15) is 24.7 Å². The Morgan fingerprint density at radius 1 is 1.03 bits per heavy atom. The van der Waals surface area contributed by atoms with Crippen LogP contribution in [0.4, 0.5) is 11.6 Å². The predicted molar refractivity (Wildman–Crippen MR) is 150 cm³/mol. The Morgan fingerprint density at radius 3 is 2.59 bits per heavy atom. The van der Waals surface area contributed by atoms with Crippen LogP contribution in [0.1, 0.15) is 24.1 Å². The number of aromatic nitrogens is 3. The second kappa shape index (κ2) is 11.3. The minimum absolute atomic E-state index is 0.220. The van der Waals surface area contributed by atoms with Crippen molar-refractivity contribution in [1.29, 1.82) is 0 Å². The zero-order valence-electron chi connectivity index (χ0n) is 21.4. The van der Waals surface area contributed by atoms with Crippen molar-refractivity contribution in [2.24, 2.45) is 0 Å². The van der Waals surface area contributed by atoms with Crippen molar-refractivity contribution in [1.82, 2.24) is 14.8 Å². The lowest BCUT2D eigenvalue weighted by atomic mass is 9.94. The van der Waals surface area contributed by atoms with E-state index >= 15 is 0 Å². The number of nitrogens with one attached hydrogen (secondary N) is 2. The summed E-state index contributed by atoms with van der Waals surface area (Å²) in [5.74, 6) is 1.76. The molecule has 1 aliphatic rings. The van der Waals surface area contributed by atoms with E-state index in [0.29, 0.717) is 50.2 Å². The van der Waals surface area contributed by atoms with E-state index in [2.05, 4.69) is 20.7 Å². The van der Waals surface area contributed by atoms with Gasteiger partial charge in [-0.3, -0.25) is 4.79 Å². The van der Waals surface area contributed by atoms with E-state index in [-0.39, 0.29) is 12.5 Å². The number of halogens is 2. The maximum atomic E-state index is 13.7. The number of hydrogen-bond acceptors (Lipinski definition) is 7. The first-order valence-electron chi connectivity index (χ1n) is 12.0. The molecule has 0 spiro atoms. The van der Waals surface area contributed by atoms with Crippen molar-refractivity contribution in [2.75, 3.05) is 24.9 Å². The molecule has 1 aliphatic heterocycles. The third-order valence-electron chi connectivity index (χ3n) is 6.30. The first kappa shape index (κ1) is 26.4. The molecular formula is C28H25Cl2N5O4. The monoisotopic (exact) mass is 565 g/mol. The number of carbonyl (C=O) groups excluding carboxylic acids is 1. The fraction of sp³-hybridized carbons (Fsp3) is 0.179. The van der Waals surface area contributed by atoms with E-state index in [4.69, 9.17) is 37.4 Å². The summed E-state index contributed by atoms with van der Waals surface area (Å²) in [6.45, 7) is 2.05. The van der Waals surface area contributed by atoms with Gasteiger partial charge in [-0.1, -0.05) is 47.5 Å². The molecule has 1 atom stereocenters. The number of benzene rings is 3. The molecular weight excluding hydrogens is 541 g/mol. The van der Waals surface area contributed by atoms with Crippen molar-refractivity contribution in [3.63, 3.8) is 0 Å². The van der Waals surface area contributed by atoms with Crippen LogP contribution >= 0.6 is 23.2 Å². The van der Waals surface area contributed by atoms with Crippen LogP contribution in [0.15, 0.2) is 78.3 Å². The third kappa shape index (κ3) is 5.36. The molecule has 2 N–H and O–H groups in total. The molecule has 9 nitrogen and oxygen atoms in total. The van der Waals surface area contributed by atoms with Crippen LogP contribution in [-0.2, 0) is 11.4 Å². The molecule has 4 aromatic rings. The topological polar surface area (TPSA) is 99.5 Å². The SMILES string of the molecule is COc1ccccc1NC(=O)C1=C(C)Nc2ncnn2C1c1ccc(OCc2ccc(Cl)cc2Cl)c(OC)c1. The normalized spacial score (nSPS) is 14.3. The summed E-state index contributed by atoms with van der Waals surface area (Å²) < 4.78 is 18.8. The maximum absolute atomic E-state index is 13.7. The van der Waals surface area contributed by atoms with Gasteiger partial charge in [0.05, 0.1) is 25.5 Å². The Hall–Kier alpha value is -4.21. The van der Waals surface area contributed by atoms with E-state index < -0.39 is 6.04 Å². The molecule has 0 fully saturated rings. The zero-order valence-corrected chi connectivity index (χ0v) is 22.9. The van der Waals surface area contributed by atoms with Gasteiger partial charge in [-0.2, -0.15) is 10.1 Å². The summed E-state index contributed by atoms with van der Waals surface area (Å²) in [5.41, 5.74) is 3.19. The van der Waals surface area contributed by atoms with E-state index in [0.717, 1.165) is 11.1 Å².